The van der Waals surface area contributed by atoms with Crippen LogP contribution in [0.1, 0.15) is 18.8 Å². The van der Waals surface area contributed by atoms with E-state index in [1.54, 1.807) is 6.92 Å². The molecule has 0 aromatic carbocycles. The molecule has 1 aromatic rings. The molecule has 3 N–H and O–H groups in total. The maximum atomic E-state index is 9.06. The van der Waals surface area contributed by atoms with Crippen molar-refractivity contribution in [3.63, 3.8) is 0 Å². The van der Waals surface area contributed by atoms with Gasteiger partial charge in [0, 0.05) is 0 Å². The maximum absolute atomic E-state index is 9.06. The number of aromatic nitrogens is 2. The molecule has 1 rings (SSSR count). The van der Waals surface area contributed by atoms with E-state index in [0.717, 1.165) is 5.69 Å². The molecule has 4 nitrogen and oxygen atoms in total. The Morgan fingerprint density at radius 3 is 2.60 bits per heavy atom. The van der Waals surface area contributed by atoms with Crippen molar-refractivity contribution in [3.8, 4) is 0 Å². The van der Waals surface area contributed by atoms with Crippen LogP contribution in [0.2, 0.25) is 0 Å². The molecule has 0 fully saturated rings. The van der Waals surface area contributed by atoms with Crippen molar-refractivity contribution in [1.82, 2.24) is 9.78 Å². The fourth-order valence-electron chi connectivity index (χ4n) is 0.813. The number of nitrogen functional groups attached to an aromatic ring is 1. The topological polar surface area (TPSA) is 64.1 Å². The Morgan fingerprint density at radius 1 is 1.80 bits per heavy atom. The molecule has 1 unspecified atom stereocenters. The second-order valence-electron chi connectivity index (χ2n) is 2.26. The lowest BCUT2D eigenvalue weighted by atomic mass is 10.4. The van der Waals surface area contributed by atoms with E-state index in [4.69, 9.17) is 10.8 Å². The van der Waals surface area contributed by atoms with E-state index in [1.165, 1.54) is 10.9 Å². The zero-order valence-electron chi connectivity index (χ0n) is 6.07. The lowest BCUT2D eigenvalue weighted by molar-refractivity contribution is 0.108. The second kappa shape index (κ2) is 2.30. The smallest absolute Gasteiger partial charge is 0.144 e. The lowest BCUT2D eigenvalue weighted by Crippen LogP contribution is -2.07. The number of anilines is 1. The number of nitrogens with zero attached hydrogens (tertiary/aromatic N) is 2. The fraction of sp³-hybridized carbons (Fsp3) is 0.500. The quantitative estimate of drug-likeness (QED) is 0.590. The first-order valence-electron chi connectivity index (χ1n) is 3.10. The molecule has 1 aromatic heterocycles. The molecule has 0 aliphatic carbocycles. The van der Waals surface area contributed by atoms with Crippen LogP contribution in [-0.4, -0.2) is 14.9 Å². The van der Waals surface area contributed by atoms with Crippen molar-refractivity contribution in [3.05, 3.63) is 11.9 Å². The molecule has 0 radical (unpaired) electrons. The minimum Gasteiger partial charge on any atom is -0.396 e. The number of aliphatic hydroxyl groups is 1. The van der Waals surface area contributed by atoms with Gasteiger partial charge >= 0.3 is 0 Å². The summed E-state index contributed by atoms with van der Waals surface area (Å²) in [6, 6.07) is 0. The Labute approximate surface area is 59.3 Å². The molecular formula is C6H11N3O. The Bertz CT molecular complexity index is 229. The first-order chi connectivity index (χ1) is 4.63. The summed E-state index contributed by atoms with van der Waals surface area (Å²) in [5, 5.41) is 12.9. The van der Waals surface area contributed by atoms with Crippen LogP contribution in [0.5, 0.6) is 0 Å². The minimum absolute atomic E-state index is 0.600. The van der Waals surface area contributed by atoms with Crippen LogP contribution in [0.3, 0.4) is 0 Å². The molecule has 0 saturated heterocycles. The third-order valence-corrected chi connectivity index (χ3v) is 1.44. The van der Waals surface area contributed by atoms with Gasteiger partial charge in [-0.05, 0) is 13.8 Å². The minimum atomic E-state index is -0.600. The summed E-state index contributed by atoms with van der Waals surface area (Å²) >= 11 is 0. The number of aliphatic hydroxyl groups excluding tert-OH is 1. The van der Waals surface area contributed by atoms with Gasteiger partial charge in [0.2, 0.25) is 0 Å². The highest BCUT2D eigenvalue weighted by Crippen LogP contribution is 2.11. The Hall–Kier alpha value is -1.03. The third kappa shape index (κ3) is 0.974. The van der Waals surface area contributed by atoms with Gasteiger partial charge in [-0.1, -0.05) is 0 Å². The van der Waals surface area contributed by atoms with E-state index in [1.807, 2.05) is 6.92 Å². The first-order valence-corrected chi connectivity index (χ1v) is 3.10. The summed E-state index contributed by atoms with van der Waals surface area (Å²) in [5.74, 6) is 0. The van der Waals surface area contributed by atoms with Crippen molar-refractivity contribution in [2.24, 2.45) is 0 Å². The molecule has 0 amide bonds. The van der Waals surface area contributed by atoms with Gasteiger partial charge in [-0.2, -0.15) is 5.10 Å². The van der Waals surface area contributed by atoms with Crippen LogP contribution in [0.25, 0.3) is 0 Å². The van der Waals surface area contributed by atoms with Crippen molar-refractivity contribution >= 4 is 5.69 Å². The number of hydrogen-bond acceptors (Lipinski definition) is 3. The van der Waals surface area contributed by atoms with Crippen LogP contribution in [-0.2, 0) is 0 Å². The molecule has 0 aliphatic heterocycles. The zero-order chi connectivity index (χ0) is 7.72. The Kier molecular flexibility index (Phi) is 1.63. The highest BCUT2D eigenvalue weighted by molar-refractivity contribution is 5.39. The Morgan fingerprint density at radius 2 is 2.40 bits per heavy atom. The predicted molar refractivity (Wildman–Crippen MR) is 38.3 cm³/mol. The van der Waals surface area contributed by atoms with E-state index < -0.39 is 6.23 Å². The molecule has 56 valence electrons. The SMILES string of the molecule is Cc1c(N)cnn1C(C)O. The van der Waals surface area contributed by atoms with Crippen LogP contribution in [0, 0.1) is 6.92 Å². The molecular weight excluding hydrogens is 130 g/mol. The number of hydrogen-bond donors (Lipinski definition) is 2. The van der Waals surface area contributed by atoms with Crippen LogP contribution in [0.4, 0.5) is 5.69 Å². The Balaban J connectivity index is 3.05. The lowest BCUT2D eigenvalue weighted by Gasteiger charge is -2.05. The van der Waals surface area contributed by atoms with Crippen molar-refractivity contribution in [1.29, 1.82) is 0 Å². The summed E-state index contributed by atoms with van der Waals surface area (Å²) in [5.41, 5.74) is 6.90. The van der Waals surface area contributed by atoms with E-state index in [0.29, 0.717) is 5.69 Å². The van der Waals surface area contributed by atoms with Crippen LogP contribution < -0.4 is 5.73 Å². The summed E-state index contributed by atoms with van der Waals surface area (Å²) in [4.78, 5) is 0. The highest BCUT2D eigenvalue weighted by Gasteiger charge is 2.05. The van der Waals surface area contributed by atoms with Gasteiger partial charge in [0.15, 0.2) is 0 Å². The molecule has 4 heteroatoms. The average molecular weight is 141 g/mol. The van der Waals surface area contributed by atoms with Crippen molar-refractivity contribution < 1.29 is 5.11 Å². The van der Waals surface area contributed by atoms with Gasteiger partial charge in [-0.3, -0.25) is 0 Å². The first kappa shape index (κ1) is 7.08. The van der Waals surface area contributed by atoms with Gasteiger partial charge in [-0.25, -0.2) is 4.68 Å². The summed E-state index contributed by atoms with van der Waals surface area (Å²) in [6.45, 7) is 3.45. The van der Waals surface area contributed by atoms with E-state index >= 15 is 0 Å². The summed E-state index contributed by atoms with van der Waals surface area (Å²) in [7, 11) is 0. The van der Waals surface area contributed by atoms with E-state index in [2.05, 4.69) is 5.10 Å². The van der Waals surface area contributed by atoms with Crippen molar-refractivity contribution in [2.45, 2.75) is 20.1 Å². The molecule has 0 saturated carbocycles. The molecule has 10 heavy (non-hydrogen) atoms. The molecule has 0 bridgehead atoms. The molecule has 0 aliphatic rings. The largest absolute Gasteiger partial charge is 0.396 e. The predicted octanol–water partition coefficient (Wildman–Crippen LogP) is 0.285. The van der Waals surface area contributed by atoms with Gasteiger partial charge < -0.3 is 10.8 Å². The van der Waals surface area contributed by atoms with Gasteiger partial charge in [0.1, 0.15) is 6.23 Å². The van der Waals surface area contributed by atoms with Gasteiger partial charge in [0.25, 0.3) is 0 Å². The van der Waals surface area contributed by atoms with Gasteiger partial charge in [-0.15, -0.1) is 0 Å². The normalized spacial score (nSPS) is 13.5. The summed E-state index contributed by atoms with van der Waals surface area (Å²) < 4.78 is 1.47. The number of nitrogens with two attached hydrogens (primary N) is 1. The number of rotatable bonds is 1. The van der Waals surface area contributed by atoms with E-state index in [9.17, 15) is 0 Å². The monoisotopic (exact) mass is 141 g/mol. The van der Waals surface area contributed by atoms with Crippen LogP contribution >= 0.6 is 0 Å². The molecule has 1 atom stereocenters. The molecule has 0 spiro atoms. The standard InChI is InChI=1S/C6H11N3O/c1-4-6(7)3-8-9(4)5(2)10/h3,5,10H,7H2,1-2H3. The molecule has 1 heterocycles. The fourth-order valence-corrected chi connectivity index (χ4v) is 0.813. The third-order valence-electron chi connectivity index (χ3n) is 1.44. The second-order valence-corrected chi connectivity index (χ2v) is 2.26. The van der Waals surface area contributed by atoms with E-state index in [-0.39, 0.29) is 0 Å². The average Bonchev–Trinajstić information content (AvgIpc) is 2.14. The summed E-state index contributed by atoms with van der Waals surface area (Å²) in [6.07, 6.45) is 0.930. The maximum Gasteiger partial charge on any atom is 0.144 e. The highest BCUT2D eigenvalue weighted by atomic mass is 16.3. The van der Waals surface area contributed by atoms with Gasteiger partial charge in [0.05, 0.1) is 17.6 Å². The van der Waals surface area contributed by atoms with Crippen LogP contribution in [0.15, 0.2) is 6.20 Å². The van der Waals surface area contributed by atoms with Crippen molar-refractivity contribution in [2.75, 3.05) is 5.73 Å². The zero-order valence-corrected chi connectivity index (χ0v) is 6.07.